The van der Waals surface area contributed by atoms with E-state index in [9.17, 15) is 9.59 Å². The lowest BCUT2D eigenvalue weighted by Gasteiger charge is -2.33. The second-order valence-corrected chi connectivity index (χ2v) is 8.99. The number of nitrogens with zero attached hydrogens (tertiary/aromatic N) is 4. The fourth-order valence-corrected chi connectivity index (χ4v) is 5.06. The summed E-state index contributed by atoms with van der Waals surface area (Å²) in [7, 11) is 0. The van der Waals surface area contributed by atoms with E-state index in [1.807, 2.05) is 9.80 Å². The van der Waals surface area contributed by atoms with E-state index in [4.69, 9.17) is 9.26 Å². The van der Waals surface area contributed by atoms with Crippen LogP contribution in [0.4, 0.5) is 0 Å². The molecule has 1 atom stereocenters. The molecule has 1 saturated carbocycles. The normalized spacial score (nSPS) is 23.4. The summed E-state index contributed by atoms with van der Waals surface area (Å²) in [5.41, 5.74) is 0. The van der Waals surface area contributed by atoms with Crippen molar-refractivity contribution in [2.24, 2.45) is 11.8 Å². The maximum atomic E-state index is 13.1. The Kier molecular flexibility index (Phi) is 7.02. The molecule has 166 valence electrons. The number of carbonyl (C=O) groups is 2. The zero-order chi connectivity index (χ0) is 20.9. The standard InChI is InChI=1S/C22H34N4O4/c1-16(27)25-12-8-18(9-13-25)22(28)26-11-4-7-19(26)21-23-20(24-30-21)10-14-29-15-17-5-2-3-6-17/h17-19H,2-15H2,1H3. The van der Waals surface area contributed by atoms with Crippen LogP contribution in [0.3, 0.4) is 0 Å². The highest BCUT2D eigenvalue weighted by molar-refractivity contribution is 5.80. The molecule has 0 spiro atoms. The Morgan fingerprint density at radius 3 is 2.57 bits per heavy atom. The number of carbonyl (C=O) groups excluding carboxylic acids is 2. The molecule has 3 heterocycles. The minimum absolute atomic E-state index is 0.0208. The number of amides is 2. The van der Waals surface area contributed by atoms with E-state index in [1.54, 1.807) is 6.92 Å². The van der Waals surface area contributed by atoms with Crippen LogP contribution in [-0.2, 0) is 20.7 Å². The predicted octanol–water partition coefficient (Wildman–Crippen LogP) is 2.74. The monoisotopic (exact) mass is 418 g/mol. The molecule has 0 bridgehead atoms. The number of aromatic nitrogens is 2. The second kappa shape index (κ2) is 9.90. The Morgan fingerprint density at radius 2 is 1.83 bits per heavy atom. The minimum Gasteiger partial charge on any atom is -0.381 e. The second-order valence-electron chi connectivity index (χ2n) is 8.99. The number of hydrogen-bond donors (Lipinski definition) is 0. The summed E-state index contributed by atoms with van der Waals surface area (Å²) < 4.78 is 11.3. The summed E-state index contributed by atoms with van der Waals surface area (Å²) in [6.07, 6.45) is 9.13. The first-order valence-corrected chi connectivity index (χ1v) is 11.6. The number of likely N-dealkylation sites (tertiary alicyclic amines) is 2. The molecule has 8 heteroatoms. The van der Waals surface area contributed by atoms with Gasteiger partial charge in [-0.05, 0) is 44.4 Å². The highest BCUT2D eigenvalue weighted by atomic mass is 16.5. The average Bonchev–Trinajstić information content (AvgIpc) is 3.52. The molecule has 0 radical (unpaired) electrons. The Bertz CT molecular complexity index is 722. The van der Waals surface area contributed by atoms with Crippen molar-refractivity contribution in [2.45, 2.75) is 70.8 Å². The Hall–Kier alpha value is -1.96. The van der Waals surface area contributed by atoms with Crippen LogP contribution in [0.25, 0.3) is 0 Å². The molecule has 1 unspecified atom stereocenters. The van der Waals surface area contributed by atoms with Crippen molar-refractivity contribution in [2.75, 3.05) is 32.8 Å². The maximum Gasteiger partial charge on any atom is 0.249 e. The van der Waals surface area contributed by atoms with Crippen molar-refractivity contribution in [3.63, 3.8) is 0 Å². The van der Waals surface area contributed by atoms with Gasteiger partial charge in [0.2, 0.25) is 17.7 Å². The Morgan fingerprint density at radius 1 is 1.07 bits per heavy atom. The van der Waals surface area contributed by atoms with E-state index in [-0.39, 0.29) is 23.8 Å². The van der Waals surface area contributed by atoms with Gasteiger partial charge >= 0.3 is 0 Å². The van der Waals surface area contributed by atoms with E-state index in [1.165, 1.54) is 25.7 Å². The van der Waals surface area contributed by atoms with E-state index in [0.29, 0.717) is 43.8 Å². The fraction of sp³-hybridized carbons (Fsp3) is 0.818. The third-order valence-electron chi connectivity index (χ3n) is 6.89. The molecule has 0 N–H and O–H groups in total. The van der Waals surface area contributed by atoms with Gasteiger partial charge in [0.05, 0.1) is 6.61 Å². The van der Waals surface area contributed by atoms with Gasteiger partial charge in [0.15, 0.2) is 5.82 Å². The smallest absolute Gasteiger partial charge is 0.249 e. The highest BCUT2D eigenvalue weighted by Gasteiger charge is 2.38. The largest absolute Gasteiger partial charge is 0.381 e. The van der Waals surface area contributed by atoms with Gasteiger partial charge in [-0.15, -0.1) is 0 Å². The van der Waals surface area contributed by atoms with Gasteiger partial charge in [-0.2, -0.15) is 4.98 Å². The zero-order valence-corrected chi connectivity index (χ0v) is 18.1. The number of hydrogen-bond acceptors (Lipinski definition) is 6. The first kappa shape index (κ1) is 21.3. The van der Waals surface area contributed by atoms with Gasteiger partial charge in [0, 0.05) is 45.5 Å². The lowest BCUT2D eigenvalue weighted by atomic mass is 9.95. The number of piperidine rings is 1. The van der Waals surface area contributed by atoms with Crippen LogP contribution < -0.4 is 0 Å². The summed E-state index contributed by atoms with van der Waals surface area (Å²) >= 11 is 0. The average molecular weight is 419 g/mol. The van der Waals surface area contributed by atoms with Crippen LogP contribution in [0.15, 0.2) is 4.52 Å². The van der Waals surface area contributed by atoms with Gasteiger partial charge in [-0.3, -0.25) is 9.59 Å². The number of ether oxygens (including phenoxy) is 1. The zero-order valence-electron chi connectivity index (χ0n) is 18.1. The van der Waals surface area contributed by atoms with E-state index >= 15 is 0 Å². The summed E-state index contributed by atoms with van der Waals surface area (Å²) in [5, 5.41) is 4.12. The van der Waals surface area contributed by atoms with Crippen molar-refractivity contribution < 1.29 is 18.8 Å². The van der Waals surface area contributed by atoms with Crippen LogP contribution in [0.5, 0.6) is 0 Å². The fourth-order valence-electron chi connectivity index (χ4n) is 5.06. The summed E-state index contributed by atoms with van der Waals surface area (Å²) in [4.78, 5) is 33.0. The summed E-state index contributed by atoms with van der Waals surface area (Å²) in [5.74, 6) is 2.16. The van der Waals surface area contributed by atoms with Crippen molar-refractivity contribution >= 4 is 11.8 Å². The van der Waals surface area contributed by atoms with Gasteiger partial charge < -0.3 is 19.1 Å². The Balaban J connectivity index is 1.27. The first-order chi connectivity index (χ1) is 14.6. The maximum absolute atomic E-state index is 13.1. The molecule has 4 rings (SSSR count). The van der Waals surface area contributed by atoms with Crippen molar-refractivity contribution in [3.8, 4) is 0 Å². The first-order valence-electron chi connectivity index (χ1n) is 11.6. The molecule has 30 heavy (non-hydrogen) atoms. The van der Waals surface area contributed by atoms with Crippen LogP contribution in [0, 0.1) is 11.8 Å². The van der Waals surface area contributed by atoms with Gasteiger partial charge in [0.1, 0.15) is 6.04 Å². The molecule has 8 nitrogen and oxygen atoms in total. The van der Waals surface area contributed by atoms with Crippen LogP contribution >= 0.6 is 0 Å². The molecule has 2 amide bonds. The molecule has 2 aliphatic heterocycles. The molecule has 0 aromatic carbocycles. The predicted molar refractivity (Wildman–Crippen MR) is 109 cm³/mol. The van der Waals surface area contributed by atoms with Gasteiger partial charge in [-0.1, -0.05) is 18.0 Å². The third kappa shape index (κ3) is 5.02. The molecule has 2 saturated heterocycles. The van der Waals surface area contributed by atoms with E-state index < -0.39 is 0 Å². The molecular formula is C22H34N4O4. The van der Waals surface area contributed by atoms with Crippen molar-refractivity contribution in [3.05, 3.63) is 11.7 Å². The Labute approximate surface area is 178 Å². The van der Waals surface area contributed by atoms with E-state index in [0.717, 1.165) is 38.8 Å². The molecule has 3 fully saturated rings. The SMILES string of the molecule is CC(=O)N1CCC(C(=O)N2CCCC2c2nc(CCOCC3CCCC3)no2)CC1. The van der Waals surface area contributed by atoms with Crippen molar-refractivity contribution in [1.29, 1.82) is 0 Å². The lowest BCUT2D eigenvalue weighted by molar-refractivity contribution is -0.141. The molecule has 1 aliphatic carbocycles. The number of rotatable bonds is 7. The lowest BCUT2D eigenvalue weighted by Crippen LogP contribution is -2.43. The third-order valence-corrected chi connectivity index (χ3v) is 6.89. The molecule has 3 aliphatic rings. The molecular weight excluding hydrogens is 384 g/mol. The molecule has 1 aromatic heterocycles. The minimum atomic E-state index is -0.121. The van der Waals surface area contributed by atoms with Gasteiger partial charge in [-0.25, -0.2) is 0 Å². The quantitative estimate of drug-likeness (QED) is 0.633. The molecule has 1 aromatic rings. The van der Waals surface area contributed by atoms with Crippen molar-refractivity contribution in [1.82, 2.24) is 19.9 Å². The van der Waals surface area contributed by atoms with E-state index in [2.05, 4.69) is 10.1 Å². The van der Waals surface area contributed by atoms with Crippen LogP contribution in [0.1, 0.15) is 76.0 Å². The van der Waals surface area contributed by atoms with Crippen LogP contribution in [0.2, 0.25) is 0 Å². The topological polar surface area (TPSA) is 88.8 Å². The van der Waals surface area contributed by atoms with Crippen LogP contribution in [-0.4, -0.2) is 64.6 Å². The summed E-state index contributed by atoms with van der Waals surface area (Å²) in [6.45, 7) is 5.09. The summed E-state index contributed by atoms with van der Waals surface area (Å²) in [6, 6.07) is -0.121. The van der Waals surface area contributed by atoms with Gasteiger partial charge in [0.25, 0.3) is 0 Å². The highest BCUT2D eigenvalue weighted by Crippen LogP contribution is 2.34.